The third-order valence-electron chi connectivity index (χ3n) is 3.12. The van der Waals surface area contributed by atoms with Crippen LogP contribution in [0.2, 0.25) is 0 Å². The Labute approximate surface area is 118 Å². The van der Waals surface area contributed by atoms with Gasteiger partial charge in [-0.3, -0.25) is 4.79 Å². The molecule has 0 aliphatic carbocycles. The van der Waals surface area contributed by atoms with Crippen LogP contribution >= 0.6 is 0 Å². The highest BCUT2D eigenvalue weighted by atomic mass is 16.2. The Bertz CT molecular complexity index is 605. The van der Waals surface area contributed by atoms with E-state index in [0.717, 1.165) is 11.4 Å². The Morgan fingerprint density at radius 1 is 1.40 bits per heavy atom. The number of benzene rings is 1. The van der Waals surface area contributed by atoms with Crippen molar-refractivity contribution in [3.63, 3.8) is 0 Å². The Morgan fingerprint density at radius 2 is 2.15 bits per heavy atom. The molecule has 1 amide bonds. The average molecular weight is 273 g/mol. The number of hydrogen-bond donors (Lipinski definition) is 2. The fourth-order valence-electron chi connectivity index (χ4n) is 1.81. The number of aromatic nitrogens is 3. The van der Waals surface area contributed by atoms with Crippen molar-refractivity contribution in [3.05, 3.63) is 30.6 Å². The van der Waals surface area contributed by atoms with Crippen LogP contribution in [0.4, 0.5) is 5.69 Å². The highest BCUT2D eigenvalue weighted by Crippen LogP contribution is 2.20. The van der Waals surface area contributed by atoms with Crippen LogP contribution in [0.15, 0.2) is 30.6 Å². The van der Waals surface area contributed by atoms with Gasteiger partial charge in [0.2, 0.25) is 5.91 Å². The predicted molar refractivity (Wildman–Crippen MR) is 77.9 cm³/mol. The molecule has 2 aromatic rings. The summed E-state index contributed by atoms with van der Waals surface area (Å²) in [6.45, 7) is 3.83. The van der Waals surface area contributed by atoms with Gasteiger partial charge in [0.15, 0.2) is 5.82 Å². The molecule has 6 heteroatoms. The monoisotopic (exact) mass is 273 g/mol. The number of rotatable bonds is 4. The van der Waals surface area contributed by atoms with E-state index in [4.69, 9.17) is 5.73 Å². The van der Waals surface area contributed by atoms with E-state index in [1.54, 1.807) is 6.33 Å². The molecule has 0 radical (unpaired) electrons. The van der Waals surface area contributed by atoms with Crippen LogP contribution in [0.1, 0.15) is 13.8 Å². The second-order valence-electron chi connectivity index (χ2n) is 5.11. The first-order valence-corrected chi connectivity index (χ1v) is 6.50. The van der Waals surface area contributed by atoms with E-state index in [9.17, 15) is 4.79 Å². The molecular weight excluding hydrogens is 254 g/mol. The van der Waals surface area contributed by atoms with E-state index in [1.165, 1.54) is 0 Å². The van der Waals surface area contributed by atoms with Crippen molar-refractivity contribution in [2.24, 2.45) is 18.7 Å². The van der Waals surface area contributed by atoms with Crippen LogP contribution in [0.3, 0.4) is 0 Å². The molecule has 1 aromatic heterocycles. The van der Waals surface area contributed by atoms with E-state index < -0.39 is 6.04 Å². The van der Waals surface area contributed by atoms with E-state index in [0.29, 0.717) is 5.69 Å². The standard InChI is InChI=1S/C14H19N5O/c1-9(2)12(15)14(20)17-11-6-4-5-10(7-11)13-18-16-8-19(13)3/h4-9,12H,15H2,1-3H3,(H,17,20)/t12-/m0/s1. The van der Waals surface area contributed by atoms with Gasteiger partial charge < -0.3 is 15.6 Å². The molecule has 0 bridgehead atoms. The number of carbonyl (C=O) groups is 1. The van der Waals surface area contributed by atoms with Gasteiger partial charge in [-0.2, -0.15) is 0 Å². The summed E-state index contributed by atoms with van der Waals surface area (Å²) in [4.78, 5) is 11.9. The smallest absolute Gasteiger partial charge is 0.241 e. The van der Waals surface area contributed by atoms with Crippen LogP contribution in [0, 0.1) is 5.92 Å². The summed E-state index contributed by atoms with van der Waals surface area (Å²) in [7, 11) is 1.87. The summed E-state index contributed by atoms with van der Waals surface area (Å²) in [6.07, 6.45) is 1.63. The first kappa shape index (κ1) is 14.2. The molecule has 6 nitrogen and oxygen atoms in total. The Morgan fingerprint density at radius 3 is 2.75 bits per heavy atom. The normalized spacial score (nSPS) is 12.4. The SMILES string of the molecule is CC(C)[C@H](N)C(=O)Nc1cccc(-c2nncn2C)c1. The lowest BCUT2D eigenvalue weighted by atomic mass is 10.0. The Balaban J connectivity index is 2.19. The zero-order valence-corrected chi connectivity index (χ0v) is 11.9. The minimum absolute atomic E-state index is 0.0944. The van der Waals surface area contributed by atoms with Crippen molar-refractivity contribution >= 4 is 11.6 Å². The highest BCUT2D eigenvalue weighted by Gasteiger charge is 2.17. The second-order valence-corrected chi connectivity index (χ2v) is 5.11. The summed E-state index contributed by atoms with van der Waals surface area (Å²) in [6, 6.07) is 6.94. The third kappa shape index (κ3) is 3.03. The lowest BCUT2D eigenvalue weighted by Crippen LogP contribution is -2.39. The van der Waals surface area contributed by atoms with Crippen molar-refractivity contribution in [1.82, 2.24) is 14.8 Å². The lowest BCUT2D eigenvalue weighted by molar-refractivity contribution is -0.118. The average Bonchev–Trinajstić information content (AvgIpc) is 2.84. The number of amides is 1. The molecule has 3 N–H and O–H groups in total. The molecule has 1 atom stereocenters. The molecule has 2 rings (SSSR count). The van der Waals surface area contributed by atoms with Gasteiger partial charge in [0, 0.05) is 18.3 Å². The Kier molecular flexibility index (Phi) is 4.14. The molecule has 0 saturated carbocycles. The number of carbonyl (C=O) groups excluding carboxylic acids is 1. The maximum absolute atomic E-state index is 11.9. The molecule has 0 fully saturated rings. The van der Waals surface area contributed by atoms with Crippen molar-refractivity contribution in [2.75, 3.05) is 5.32 Å². The summed E-state index contributed by atoms with van der Waals surface area (Å²) >= 11 is 0. The van der Waals surface area contributed by atoms with Gasteiger partial charge in [-0.15, -0.1) is 10.2 Å². The first-order valence-electron chi connectivity index (χ1n) is 6.50. The van der Waals surface area contributed by atoms with Crippen molar-refractivity contribution in [2.45, 2.75) is 19.9 Å². The van der Waals surface area contributed by atoms with Gasteiger partial charge in [0.25, 0.3) is 0 Å². The molecule has 20 heavy (non-hydrogen) atoms. The summed E-state index contributed by atoms with van der Waals surface area (Å²) in [5, 5.41) is 10.7. The quantitative estimate of drug-likeness (QED) is 0.881. The van der Waals surface area contributed by atoms with Crippen molar-refractivity contribution < 1.29 is 4.79 Å². The van der Waals surface area contributed by atoms with Crippen LogP contribution < -0.4 is 11.1 Å². The fourth-order valence-corrected chi connectivity index (χ4v) is 1.81. The van der Waals surface area contributed by atoms with E-state index in [2.05, 4.69) is 15.5 Å². The van der Waals surface area contributed by atoms with Crippen molar-refractivity contribution in [1.29, 1.82) is 0 Å². The summed E-state index contributed by atoms with van der Waals surface area (Å²) in [5.41, 5.74) is 7.42. The molecule has 0 aliphatic heterocycles. The highest BCUT2D eigenvalue weighted by molar-refractivity contribution is 5.95. The molecule has 0 saturated heterocycles. The van der Waals surface area contributed by atoms with Crippen LogP contribution in [0.5, 0.6) is 0 Å². The minimum atomic E-state index is -0.520. The topological polar surface area (TPSA) is 85.8 Å². The third-order valence-corrected chi connectivity index (χ3v) is 3.12. The number of anilines is 1. The molecule has 0 aliphatic rings. The second kappa shape index (κ2) is 5.83. The molecule has 1 aromatic carbocycles. The van der Waals surface area contributed by atoms with E-state index in [1.807, 2.05) is 49.7 Å². The fraction of sp³-hybridized carbons (Fsp3) is 0.357. The molecule has 0 spiro atoms. The Hall–Kier alpha value is -2.21. The zero-order chi connectivity index (χ0) is 14.7. The van der Waals surface area contributed by atoms with Gasteiger partial charge in [-0.05, 0) is 18.1 Å². The van der Waals surface area contributed by atoms with Gasteiger partial charge in [0.1, 0.15) is 6.33 Å². The summed E-state index contributed by atoms with van der Waals surface area (Å²) < 4.78 is 1.82. The van der Waals surface area contributed by atoms with Crippen LogP contribution in [0.25, 0.3) is 11.4 Å². The van der Waals surface area contributed by atoms with Gasteiger partial charge >= 0.3 is 0 Å². The number of nitrogens with two attached hydrogens (primary N) is 1. The van der Waals surface area contributed by atoms with Gasteiger partial charge in [0.05, 0.1) is 6.04 Å². The molecule has 0 unspecified atom stereocenters. The lowest BCUT2D eigenvalue weighted by Gasteiger charge is -2.15. The largest absolute Gasteiger partial charge is 0.325 e. The summed E-state index contributed by atoms with van der Waals surface area (Å²) in [5.74, 6) is 0.654. The predicted octanol–water partition coefficient (Wildman–Crippen LogP) is 1.40. The van der Waals surface area contributed by atoms with Gasteiger partial charge in [-0.25, -0.2) is 0 Å². The van der Waals surface area contributed by atoms with Gasteiger partial charge in [-0.1, -0.05) is 26.0 Å². The first-order chi connectivity index (χ1) is 9.49. The number of nitrogens with zero attached hydrogens (tertiary/aromatic N) is 3. The maximum atomic E-state index is 11.9. The molecule has 1 heterocycles. The number of aryl methyl sites for hydroxylation is 1. The molecule has 106 valence electrons. The number of hydrogen-bond acceptors (Lipinski definition) is 4. The van der Waals surface area contributed by atoms with Crippen molar-refractivity contribution in [3.8, 4) is 11.4 Å². The number of nitrogens with one attached hydrogen (secondary N) is 1. The minimum Gasteiger partial charge on any atom is -0.325 e. The zero-order valence-electron chi connectivity index (χ0n) is 11.9. The maximum Gasteiger partial charge on any atom is 0.241 e. The van der Waals surface area contributed by atoms with Crippen LogP contribution in [-0.4, -0.2) is 26.7 Å². The van der Waals surface area contributed by atoms with E-state index in [-0.39, 0.29) is 11.8 Å². The molecular formula is C14H19N5O. The van der Waals surface area contributed by atoms with Crippen LogP contribution in [-0.2, 0) is 11.8 Å². The van der Waals surface area contributed by atoms with E-state index >= 15 is 0 Å².